The van der Waals surface area contributed by atoms with Gasteiger partial charge in [0.05, 0.1) is 12.5 Å². The van der Waals surface area contributed by atoms with Crippen molar-refractivity contribution < 1.29 is 39.0 Å². The second-order valence-electron chi connectivity index (χ2n) is 8.06. The van der Waals surface area contributed by atoms with E-state index in [2.05, 4.69) is 21.3 Å². The monoisotopic (exact) mass is 486 g/mol. The molecule has 192 valence electrons. The molecule has 4 atom stereocenters. The van der Waals surface area contributed by atoms with Crippen molar-refractivity contribution in [1.82, 2.24) is 21.3 Å². The number of carbonyl (C=O) groups excluding carboxylic acids is 4. The molecule has 4 unspecified atom stereocenters. The van der Waals surface area contributed by atoms with Crippen molar-refractivity contribution >= 4 is 35.6 Å². The van der Waals surface area contributed by atoms with Crippen molar-refractivity contribution in [3.8, 4) is 0 Å². The summed E-state index contributed by atoms with van der Waals surface area (Å²) < 4.78 is 0. The number of amides is 4. The van der Waals surface area contributed by atoms with Gasteiger partial charge in [-0.25, -0.2) is 4.79 Å². The summed E-state index contributed by atoms with van der Waals surface area (Å²) in [5.74, 6) is -5.80. The van der Waals surface area contributed by atoms with Crippen molar-refractivity contribution in [3.05, 3.63) is 0 Å². The molecular weight excluding hydrogens is 452 g/mol. The third-order valence-corrected chi connectivity index (χ3v) is 5.26. The number of primary amides is 1. The number of aliphatic carboxylic acids is 2. The zero-order valence-electron chi connectivity index (χ0n) is 18.9. The van der Waals surface area contributed by atoms with Crippen LogP contribution >= 0.6 is 0 Å². The van der Waals surface area contributed by atoms with E-state index in [1.165, 1.54) is 0 Å². The first-order valence-electron chi connectivity index (χ1n) is 11.1. The Hall–Kier alpha value is -3.26. The Bertz CT molecular complexity index is 755. The quantitative estimate of drug-likeness (QED) is 0.104. The van der Waals surface area contributed by atoms with Gasteiger partial charge in [-0.15, -0.1) is 0 Å². The van der Waals surface area contributed by atoms with E-state index < -0.39 is 66.2 Å². The summed E-state index contributed by atoms with van der Waals surface area (Å²) in [5.41, 5.74) is 10.5. The topological polar surface area (TPSA) is 243 Å². The van der Waals surface area contributed by atoms with Crippen molar-refractivity contribution in [2.75, 3.05) is 13.1 Å². The minimum Gasteiger partial charge on any atom is -0.481 e. The predicted octanol–water partition coefficient (Wildman–Crippen LogP) is -2.85. The lowest BCUT2D eigenvalue weighted by Crippen LogP contribution is -2.57. The van der Waals surface area contributed by atoms with Crippen LogP contribution in [-0.4, -0.2) is 83.0 Å². The molecule has 0 aromatic rings. The van der Waals surface area contributed by atoms with Crippen LogP contribution in [0.25, 0.3) is 0 Å². The average Bonchev–Trinajstić information content (AvgIpc) is 3.29. The van der Waals surface area contributed by atoms with Crippen LogP contribution in [0.5, 0.6) is 0 Å². The minimum atomic E-state index is -1.49. The average molecular weight is 487 g/mol. The first-order chi connectivity index (χ1) is 16.0. The smallest absolute Gasteiger partial charge is 0.326 e. The lowest BCUT2D eigenvalue weighted by atomic mass is 10.1. The Morgan fingerprint density at radius 1 is 0.912 bits per heavy atom. The molecule has 1 aliphatic rings. The Balaban J connectivity index is 2.92. The van der Waals surface area contributed by atoms with E-state index in [9.17, 15) is 33.9 Å². The number of hydrogen-bond donors (Lipinski definition) is 8. The van der Waals surface area contributed by atoms with E-state index in [4.69, 9.17) is 16.6 Å². The van der Waals surface area contributed by atoms with Gasteiger partial charge in [-0.1, -0.05) is 0 Å². The molecule has 14 nitrogen and oxygen atoms in total. The van der Waals surface area contributed by atoms with E-state index in [0.717, 1.165) is 6.42 Å². The van der Waals surface area contributed by atoms with Crippen molar-refractivity contribution in [2.45, 2.75) is 75.5 Å². The molecule has 0 spiro atoms. The van der Waals surface area contributed by atoms with Crippen LogP contribution in [-0.2, 0) is 28.8 Å². The summed E-state index contributed by atoms with van der Waals surface area (Å²) in [5, 5.41) is 28.4. The molecule has 0 radical (unpaired) electrons. The lowest BCUT2D eigenvalue weighted by Gasteiger charge is -2.24. The highest BCUT2D eigenvalue weighted by Crippen LogP contribution is 2.08. The minimum absolute atomic E-state index is 0.0981. The van der Waals surface area contributed by atoms with Gasteiger partial charge in [-0.3, -0.25) is 24.0 Å². The standard InChI is InChI=1S/C20H34N6O8/c21-8-2-1-4-13(20(33)34)25-18(31)12(6-7-15(22)27)24-19(32)14(10-16(28)29)26-17(30)11-5-3-9-23-11/h11-14,23H,1-10,21H2,(H2,22,27)(H,24,32)(H,25,31)(H,26,30)(H,28,29)(H,33,34). The summed E-state index contributed by atoms with van der Waals surface area (Å²) in [7, 11) is 0. The van der Waals surface area contributed by atoms with Gasteiger partial charge in [-0.2, -0.15) is 0 Å². The second-order valence-corrected chi connectivity index (χ2v) is 8.06. The Morgan fingerprint density at radius 2 is 1.56 bits per heavy atom. The number of rotatable bonds is 16. The van der Waals surface area contributed by atoms with Gasteiger partial charge in [0.2, 0.25) is 23.6 Å². The fraction of sp³-hybridized carbons (Fsp3) is 0.700. The molecule has 0 aromatic carbocycles. The van der Waals surface area contributed by atoms with Crippen LogP contribution in [0.1, 0.15) is 51.4 Å². The maximum atomic E-state index is 12.8. The molecule has 0 saturated carbocycles. The second kappa shape index (κ2) is 14.8. The highest BCUT2D eigenvalue weighted by atomic mass is 16.4. The van der Waals surface area contributed by atoms with Gasteiger partial charge < -0.3 is 42.9 Å². The maximum absolute atomic E-state index is 12.8. The zero-order valence-corrected chi connectivity index (χ0v) is 18.9. The van der Waals surface area contributed by atoms with Crippen LogP contribution in [0, 0.1) is 0 Å². The van der Waals surface area contributed by atoms with Crippen LogP contribution in [0.15, 0.2) is 0 Å². The van der Waals surface area contributed by atoms with Crippen molar-refractivity contribution in [3.63, 3.8) is 0 Å². The van der Waals surface area contributed by atoms with Gasteiger partial charge in [0, 0.05) is 6.42 Å². The highest BCUT2D eigenvalue weighted by Gasteiger charge is 2.32. The Kier molecular flexibility index (Phi) is 12.5. The van der Waals surface area contributed by atoms with Gasteiger partial charge >= 0.3 is 11.9 Å². The molecule has 34 heavy (non-hydrogen) atoms. The van der Waals surface area contributed by atoms with Gasteiger partial charge in [0.15, 0.2) is 0 Å². The van der Waals surface area contributed by atoms with Crippen LogP contribution in [0.2, 0.25) is 0 Å². The number of carboxylic acids is 2. The Morgan fingerprint density at radius 3 is 2.09 bits per heavy atom. The van der Waals surface area contributed by atoms with Crippen molar-refractivity contribution in [1.29, 1.82) is 0 Å². The largest absolute Gasteiger partial charge is 0.481 e. The summed E-state index contributed by atoms with van der Waals surface area (Å²) in [6.07, 6.45) is 1.07. The SMILES string of the molecule is NCCCCC(NC(=O)C(CCC(N)=O)NC(=O)C(CC(=O)O)NC(=O)C1CCCN1)C(=O)O. The number of hydrogen-bond acceptors (Lipinski definition) is 8. The van der Waals surface area contributed by atoms with E-state index in [1.807, 2.05) is 0 Å². The van der Waals surface area contributed by atoms with E-state index >= 15 is 0 Å². The third kappa shape index (κ3) is 10.6. The first-order valence-corrected chi connectivity index (χ1v) is 11.1. The fourth-order valence-corrected chi connectivity index (χ4v) is 3.41. The summed E-state index contributed by atoms with van der Waals surface area (Å²) >= 11 is 0. The summed E-state index contributed by atoms with van der Waals surface area (Å²) in [4.78, 5) is 71.8. The van der Waals surface area contributed by atoms with Gasteiger partial charge in [0.25, 0.3) is 0 Å². The number of carboxylic acid groups (broad SMARTS) is 2. The molecule has 1 aliphatic heterocycles. The van der Waals surface area contributed by atoms with E-state index in [-0.39, 0.29) is 19.3 Å². The molecule has 0 bridgehead atoms. The zero-order chi connectivity index (χ0) is 25.7. The molecule has 1 rings (SSSR count). The van der Waals surface area contributed by atoms with E-state index in [1.54, 1.807) is 0 Å². The molecule has 1 heterocycles. The molecule has 1 fully saturated rings. The number of unbranched alkanes of at least 4 members (excludes halogenated alkanes) is 1. The molecule has 4 amide bonds. The molecule has 14 heteroatoms. The predicted molar refractivity (Wildman–Crippen MR) is 118 cm³/mol. The molecule has 0 aromatic heterocycles. The third-order valence-electron chi connectivity index (χ3n) is 5.26. The number of nitrogens with one attached hydrogen (secondary N) is 4. The summed E-state index contributed by atoms with van der Waals surface area (Å²) in [6.45, 7) is 0.962. The van der Waals surface area contributed by atoms with Crippen LogP contribution in [0.3, 0.4) is 0 Å². The lowest BCUT2D eigenvalue weighted by molar-refractivity contribution is -0.143. The highest BCUT2D eigenvalue weighted by molar-refractivity contribution is 5.95. The normalized spacial score (nSPS) is 17.7. The number of nitrogens with two attached hydrogens (primary N) is 2. The first kappa shape index (κ1) is 28.8. The Labute approximate surface area is 196 Å². The van der Waals surface area contributed by atoms with Crippen molar-refractivity contribution in [2.24, 2.45) is 11.5 Å². The molecule has 0 aliphatic carbocycles. The fourth-order valence-electron chi connectivity index (χ4n) is 3.41. The van der Waals surface area contributed by atoms with Crippen LogP contribution in [0.4, 0.5) is 0 Å². The number of carbonyl (C=O) groups is 6. The molecule has 10 N–H and O–H groups in total. The molecule has 1 saturated heterocycles. The van der Waals surface area contributed by atoms with Gasteiger partial charge in [0.1, 0.15) is 18.1 Å². The summed E-state index contributed by atoms with van der Waals surface area (Å²) in [6, 6.07) is -4.69. The maximum Gasteiger partial charge on any atom is 0.326 e. The molecular formula is C20H34N6O8. The van der Waals surface area contributed by atoms with Crippen LogP contribution < -0.4 is 32.7 Å². The van der Waals surface area contributed by atoms with E-state index in [0.29, 0.717) is 32.4 Å². The van der Waals surface area contributed by atoms with Gasteiger partial charge in [-0.05, 0) is 51.6 Å².